The zero-order valence-corrected chi connectivity index (χ0v) is 11.5. The summed E-state index contributed by atoms with van der Waals surface area (Å²) in [6.45, 7) is 6.04. The highest BCUT2D eigenvalue weighted by molar-refractivity contribution is 5.82. The Labute approximate surface area is 108 Å². The highest BCUT2D eigenvalue weighted by Crippen LogP contribution is 2.37. The molecule has 0 aromatic rings. The summed E-state index contributed by atoms with van der Waals surface area (Å²) >= 11 is 0. The van der Waals surface area contributed by atoms with Gasteiger partial charge in [-0.25, -0.2) is 0 Å². The van der Waals surface area contributed by atoms with Crippen molar-refractivity contribution in [2.24, 2.45) is 11.8 Å². The maximum absolute atomic E-state index is 11.6. The van der Waals surface area contributed by atoms with E-state index in [9.17, 15) is 14.7 Å². The molecule has 18 heavy (non-hydrogen) atoms. The highest BCUT2D eigenvalue weighted by Gasteiger charge is 2.38. The van der Waals surface area contributed by atoms with Crippen molar-refractivity contribution in [1.29, 1.82) is 0 Å². The van der Waals surface area contributed by atoms with E-state index in [1.165, 1.54) is 0 Å². The molecule has 2 amide bonds. The highest BCUT2D eigenvalue weighted by atomic mass is 16.3. The Balaban J connectivity index is 2.19. The number of hydrogen-bond donors (Lipinski definition) is 3. The topological polar surface area (TPSA) is 78.4 Å². The summed E-state index contributed by atoms with van der Waals surface area (Å²) in [5.74, 6) is 0.538. The second-order valence-electron chi connectivity index (χ2n) is 5.48. The number of aliphatic hydroxyl groups excluding tert-OH is 1. The molecule has 0 aromatic carbocycles. The maximum atomic E-state index is 11.6. The van der Waals surface area contributed by atoms with Crippen molar-refractivity contribution in [3.05, 3.63) is 0 Å². The van der Waals surface area contributed by atoms with Crippen LogP contribution in [0.2, 0.25) is 0 Å². The average Bonchev–Trinajstić information content (AvgIpc) is 3.06. The zero-order valence-electron chi connectivity index (χ0n) is 11.5. The number of nitrogens with one attached hydrogen (secondary N) is 2. The molecule has 0 radical (unpaired) electrons. The third-order valence-electron chi connectivity index (χ3n) is 3.67. The van der Waals surface area contributed by atoms with E-state index in [2.05, 4.69) is 10.6 Å². The van der Waals surface area contributed by atoms with E-state index in [-0.39, 0.29) is 30.8 Å². The lowest BCUT2D eigenvalue weighted by Gasteiger charge is -2.27. The summed E-state index contributed by atoms with van der Waals surface area (Å²) in [6.07, 6.45) is 1.88. The van der Waals surface area contributed by atoms with Crippen LogP contribution >= 0.6 is 0 Å². The first-order valence-electron chi connectivity index (χ1n) is 6.61. The van der Waals surface area contributed by atoms with Crippen LogP contribution in [0.1, 0.15) is 40.0 Å². The lowest BCUT2D eigenvalue weighted by Crippen LogP contribution is -2.49. The molecule has 5 heteroatoms. The van der Waals surface area contributed by atoms with Crippen LogP contribution in [-0.2, 0) is 9.59 Å². The molecule has 3 N–H and O–H groups in total. The molecule has 1 rings (SSSR count). The fourth-order valence-corrected chi connectivity index (χ4v) is 1.76. The molecule has 0 saturated heterocycles. The van der Waals surface area contributed by atoms with Crippen LogP contribution in [0.15, 0.2) is 0 Å². The molecule has 1 fully saturated rings. The molecule has 0 heterocycles. The van der Waals surface area contributed by atoms with Crippen LogP contribution < -0.4 is 10.6 Å². The second kappa shape index (κ2) is 6.18. The normalized spacial score (nSPS) is 25.1. The van der Waals surface area contributed by atoms with Crippen molar-refractivity contribution in [2.75, 3.05) is 13.2 Å². The van der Waals surface area contributed by atoms with E-state index < -0.39 is 5.54 Å². The van der Waals surface area contributed by atoms with Crippen LogP contribution in [0.3, 0.4) is 0 Å². The van der Waals surface area contributed by atoms with E-state index in [1.54, 1.807) is 6.92 Å². The van der Waals surface area contributed by atoms with Gasteiger partial charge in [-0.2, -0.15) is 0 Å². The molecule has 0 aromatic heterocycles. The van der Waals surface area contributed by atoms with Gasteiger partial charge in [0.2, 0.25) is 11.8 Å². The van der Waals surface area contributed by atoms with E-state index in [1.807, 2.05) is 13.8 Å². The van der Waals surface area contributed by atoms with Gasteiger partial charge in [-0.3, -0.25) is 9.59 Å². The van der Waals surface area contributed by atoms with Crippen molar-refractivity contribution in [1.82, 2.24) is 10.6 Å². The van der Waals surface area contributed by atoms with E-state index in [0.717, 1.165) is 6.42 Å². The van der Waals surface area contributed by atoms with Gasteiger partial charge in [-0.15, -0.1) is 0 Å². The third kappa shape index (κ3) is 4.29. The summed E-state index contributed by atoms with van der Waals surface area (Å²) < 4.78 is 0. The molecule has 0 spiro atoms. The second-order valence-corrected chi connectivity index (χ2v) is 5.48. The van der Waals surface area contributed by atoms with Gasteiger partial charge < -0.3 is 15.7 Å². The molecule has 3 atom stereocenters. The number of carbonyl (C=O) groups is 2. The number of rotatable bonds is 7. The number of carbonyl (C=O) groups excluding carboxylic acids is 2. The first-order chi connectivity index (χ1) is 8.41. The predicted molar refractivity (Wildman–Crippen MR) is 68.8 cm³/mol. The molecule has 1 aliphatic carbocycles. The minimum atomic E-state index is -0.563. The lowest BCUT2D eigenvalue weighted by molar-refractivity contribution is -0.124. The van der Waals surface area contributed by atoms with Crippen molar-refractivity contribution in [3.8, 4) is 0 Å². The quantitative estimate of drug-likeness (QED) is 0.618. The first kappa shape index (κ1) is 15.0. The van der Waals surface area contributed by atoms with Crippen LogP contribution in [0.5, 0.6) is 0 Å². The fourth-order valence-electron chi connectivity index (χ4n) is 1.76. The molecule has 0 aliphatic heterocycles. The Kier molecular flexibility index (Phi) is 5.14. The summed E-state index contributed by atoms with van der Waals surface area (Å²) in [6, 6.07) is 0. The summed E-state index contributed by atoms with van der Waals surface area (Å²) in [5, 5.41) is 14.7. The summed E-state index contributed by atoms with van der Waals surface area (Å²) in [7, 11) is 0. The Bertz CT molecular complexity index is 313. The monoisotopic (exact) mass is 256 g/mol. The zero-order chi connectivity index (χ0) is 13.8. The summed E-state index contributed by atoms with van der Waals surface area (Å²) in [4.78, 5) is 23.1. The van der Waals surface area contributed by atoms with Crippen LogP contribution in [0.25, 0.3) is 0 Å². The van der Waals surface area contributed by atoms with Gasteiger partial charge in [-0.1, -0.05) is 13.8 Å². The molecule has 5 nitrogen and oxygen atoms in total. The predicted octanol–water partition coefficient (Wildman–Crippen LogP) is 0.426. The average molecular weight is 256 g/mol. The Morgan fingerprint density at radius 2 is 2.06 bits per heavy atom. The maximum Gasteiger partial charge on any atom is 0.223 e. The van der Waals surface area contributed by atoms with E-state index in [4.69, 9.17) is 0 Å². The van der Waals surface area contributed by atoms with Crippen LogP contribution in [0.4, 0.5) is 0 Å². The largest absolute Gasteiger partial charge is 0.394 e. The Hall–Kier alpha value is -1.10. The fraction of sp³-hybridized carbons (Fsp3) is 0.846. The first-order valence-corrected chi connectivity index (χ1v) is 6.61. The Morgan fingerprint density at radius 3 is 2.50 bits per heavy atom. The van der Waals surface area contributed by atoms with Gasteiger partial charge in [-0.05, 0) is 25.7 Å². The molecule has 1 saturated carbocycles. The van der Waals surface area contributed by atoms with E-state index in [0.29, 0.717) is 18.9 Å². The minimum Gasteiger partial charge on any atom is -0.394 e. The van der Waals surface area contributed by atoms with Crippen molar-refractivity contribution in [2.45, 2.75) is 45.6 Å². The Morgan fingerprint density at radius 1 is 1.44 bits per heavy atom. The number of amides is 2. The van der Waals surface area contributed by atoms with Gasteiger partial charge in [0.15, 0.2) is 0 Å². The molecule has 3 unspecified atom stereocenters. The standard InChI is InChI=1S/C13H24N2O3/c1-4-13(3,8-16)15-11(17)5-6-14-12(18)10-7-9(10)2/h9-10,16H,4-8H2,1-3H3,(H,14,18)(H,15,17). The number of aliphatic hydroxyl groups is 1. The van der Waals surface area contributed by atoms with Gasteiger partial charge in [0.05, 0.1) is 12.1 Å². The van der Waals surface area contributed by atoms with Gasteiger partial charge in [0, 0.05) is 18.9 Å². The smallest absolute Gasteiger partial charge is 0.223 e. The molecule has 0 bridgehead atoms. The minimum absolute atomic E-state index is 0.0516. The van der Waals surface area contributed by atoms with Crippen molar-refractivity contribution >= 4 is 11.8 Å². The van der Waals surface area contributed by atoms with Crippen molar-refractivity contribution < 1.29 is 14.7 Å². The third-order valence-corrected chi connectivity index (χ3v) is 3.67. The molecular weight excluding hydrogens is 232 g/mol. The van der Waals surface area contributed by atoms with Gasteiger partial charge in [0.25, 0.3) is 0 Å². The van der Waals surface area contributed by atoms with E-state index >= 15 is 0 Å². The van der Waals surface area contributed by atoms with Crippen LogP contribution in [0, 0.1) is 11.8 Å². The van der Waals surface area contributed by atoms with Gasteiger partial charge >= 0.3 is 0 Å². The van der Waals surface area contributed by atoms with Gasteiger partial charge in [0.1, 0.15) is 0 Å². The number of hydrogen-bond acceptors (Lipinski definition) is 3. The van der Waals surface area contributed by atoms with Crippen molar-refractivity contribution in [3.63, 3.8) is 0 Å². The molecular formula is C13H24N2O3. The lowest BCUT2D eigenvalue weighted by atomic mass is 10.0. The summed E-state index contributed by atoms with van der Waals surface area (Å²) in [5.41, 5.74) is -0.563. The molecule has 1 aliphatic rings. The molecule has 104 valence electrons. The SMILES string of the molecule is CCC(C)(CO)NC(=O)CCNC(=O)C1CC1C. The van der Waals surface area contributed by atoms with Crippen LogP contribution in [-0.4, -0.2) is 35.6 Å².